The molecule has 3 heterocycles. The predicted molar refractivity (Wildman–Crippen MR) is 180 cm³/mol. The molecule has 2 aliphatic heterocycles. The number of hydrogen-bond acceptors (Lipinski definition) is 9. The van der Waals surface area contributed by atoms with E-state index in [-0.39, 0.29) is 58.8 Å². The number of imide groups is 1. The number of ether oxygens (including phenoxy) is 2. The summed E-state index contributed by atoms with van der Waals surface area (Å²) in [5.74, 6) is -2.91. The van der Waals surface area contributed by atoms with Crippen molar-refractivity contribution in [2.75, 3.05) is 23.4 Å². The van der Waals surface area contributed by atoms with Gasteiger partial charge in [0, 0.05) is 27.3 Å². The maximum absolute atomic E-state index is 14.0. The standard InChI is InChI=1S/C36H30FN3O7S2/c1-2-46-35(44)17-7-11-19(12-8-17)38-25(41)16-47-24-6-4-3-5-21(24)26-27-22-15-23(30(27)48-32-31(26)49-36(45)39-32)29-28(22)33(42)40(34(29)43)20-13-9-18(37)10-14-20/h3-14,22-23,26-30H,2,15-16H2,1H3,(H,38,41)(H,39,45)/t22?,23?,26-,27?,28?,29?,30?/m1/s1. The highest BCUT2D eigenvalue weighted by molar-refractivity contribution is 8.00. The number of nitrogens with one attached hydrogen (secondary N) is 2. The van der Waals surface area contributed by atoms with Gasteiger partial charge in [-0.25, -0.2) is 9.18 Å². The fraction of sp³-hybridized carbons (Fsp3) is 0.306. The van der Waals surface area contributed by atoms with Gasteiger partial charge in [0.15, 0.2) is 6.61 Å². The van der Waals surface area contributed by atoms with Crippen LogP contribution in [0.3, 0.4) is 0 Å². The smallest absolute Gasteiger partial charge is 0.338 e. The van der Waals surface area contributed by atoms with Crippen molar-refractivity contribution >= 4 is 58.2 Å². The van der Waals surface area contributed by atoms with Crippen LogP contribution < -0.4 is 19.8 Å². The summed E-state index contributed by atoms with van der Waals surface area (Å²) in [5.41, 5.74) is 2.04. The van der Waals surface area contributed by atoms with Gasteiger partial charge < -0.3 is 19.8 Å². The number of thiazole rings is 1. The van der Waals surface area contributed by atoms with Crippen molar-refractivity contribution < 1.29 is 33.0 Å². The number of thioether (sulfide) groups is 1. The van der Waals surface area contributed by atoms with E-state index in [0.29, 0.717) is 29.1 Å². The molecule has 3 fully saturated rings. The quantitative estimate of drug-likeness (QED) is 0.183. The van der Waals surface area contributed by atoms with Gasteiger partial charge >= 0.3 is 10.8 Å². The highest BCUT2D eigenvalue weighted by atomic mass is 32.2. The molecule has 8 rings (SSSR count). The zero-order valence-corrected chi connectivity index (χ0v) is 27.7. The Morgan fingerprint density at radius 1 is 0.959 bits per heavy atom. The number of esters is 1. The van der Waals surface area contributed by atoms with Gasteiger partial charge in [-0.05, 0) is 85.7 Å². The number of nitrogens with zero attached hydrogens (tertiary/aromatic N) is 1. The molecule has 250 valence electrons. The van der Waals surface area contributed by atoms with Crippen LogP contribution in [0.15, 0.2) is 82.6 Å². The maximum Gasteiger partial charge on any atom is 0.338 e. The molecule has 0 spiro atoms. The van der Waals surface area contributed by atoms with Gasteiger partial charge in [0.05, 0.1) is 34.7 Å². The Balaban J connectivity index is 1.06. The van der Waals surface area contributed by atoms with Crippen molar-refractivity contribution in [1.82, 2.24) is 4.98 Å². The molecule has 0 radical (unpaired) electrons. The van der Waals surface area contributed by atoms with E-state index in [1.54, 1.807) is 49.0 Å². The fourth-order valence-corrected chi connectivity index (χ4v) is 11.2. The Kier molecular flexibility index (Phi) is 7.91. The Hall–Kier alpha value is -4.75. The number of amides is 3. The molecule has 10 nitrogen and oxygen atoms in total. The molecule has 4 aromatic rings. The third-order valence-electron chi connectivity index (χ3n) is 10.1. The van der Waals surface area contributed by atoms with Crippen LogP contribution in [-0.2, 0) is 19.1 Å². The summed E-state index contributed by atoms with van der Waals surface area (Å²) in [6, 6.07) is 19.2. The molecular weight excluding hydrogens is 670 g/mol. The molecule has 4 aliphatic rings. The minimum absolute atomic E-state index is 0.0344. The highest BCUT2D eigenvalue weighted by Gasteiger charge is 2.69. The van der Waals surface area contributed by atoms with Crippen LogP contribution in [0.4, 0.5) is 15.8 Å². The summed E-state index contributed by atoms with van der Waals surface area (Å²) in [5, 5.41) is 3.51. The molecule has 7 atom stereocenters. The zero-order valence-electron chi connectivity index (χ0n) is 26.1. The van der Waals surface area contributed by atoms with Crippen molar-refractivity contribution in [3.63, 3.8) is 0 Å². The number of hydrogen-bond donors (Lipinski definition) is 2. The first-order chi connectivity index (χ1) is 23.7. The topological polar surface area (TPSA) is 135 Å². The molecule has 13 heteroatoms. The van der Waals surface area contributed by atoms with E-state index >= 15 is 0 Å². The number of anilines is 2. The van der Waals surface area contributed by atoms with Gasteiger partial charge in [0.1, 0.15) is 11.6 Å². The summed E-state index contributed by atoms with van der Waals surface area (Å²) in [7, 11) is 0. The summed E-state index contributed by atoms with van der Waals surface area (Å²) in [6.45, 7) is 1.70. The van der Waals surface area contributed by atoms with E-state index in [9.17, 15) is 28.4 Å². The summed E-state index contributed by atoms with van der Waals surface area (Å²) < 4.78 is 24.8. The number of aromatic nitrogens is 1. The van der Waals surface area contributed by atoms with E-state index in [0.717, 1.165) is 26.8 Å². The predicted octanol–water partition coefficient (Wildman–Crippen LogP) is 5.45. The molecule has 6 unspecified atom stereocenters. The van der Waals surface area contributed by atoms with Crippen LogP contribution >= 0.6 is 23.1 Å². The second-order valence-corrected chi connectivity index (χ2v) is 14.8. The minimum atomic E-state index is -0.516. The SMILES string of the molecule is CCOC(=O)c1ccc(NC(=O)COc2ccccc2[C@H]2c3sc(=O)[nH]c3SC3C4CC(C5C(=O)N(c6ccc(F)cc6)C(=O)C45)C32)cc1. The third-order valence-corrected chi connectivity index (χ3v) is 12.7. The van der Waals surface area contributed by atoms with Crippen LogP contribution in [-0.4, -0.2) is 47.1 Å². The molecule has 2 bridgehead atoms. The normalized spacial score (nSPS) is 26.2. The highest BCUT2D eigenvalue weighted by Crippen LogP contribution is 2.69. The first-order valence-corrected chi connectivity index (χ1v) is 17.7. The molecule has 2 N–H and O–H groups in total. The van der Waals surface area contributed by atoms with E-state index in [1.165, 1.54) is 29.2 Å². The summed E-state index contributed by atoms with van der Waals surface area (Å²) >= 11 is 2.72. The van der Waals surface area contributed by atoms with Crippen LogP contribution in [0.25, 0.3) is 0 Å². The molecule has 49 heavy (non-hydrogen) atoms. The molecule has 3 aromatic carbocycles. The number of aromatic amines is 1. The third kappa shape index (κ3) is 5.26. The Morgan fingerprint density at radius 2 is 1.67 bits per heavy atom. The average molecular weight is 700 g/mol. The van der Waals surface area contributed by atoms with Crippen LogP contribution in [0.1, 0.15) is 40.1 Å². The van der Waals surface area contributed by atoms with Gasteiger partial charge in [0.2, 0.25) is 11.8 Å². The molecule has 3 amide bonds. The first-order valence-electron chi connectivity index (χ1n) is 16.0. The zero-order chi connectivity index (χ0) is 34.0. The van der Waals surface area contributed by atoms with E-state index in [1.807, 2.05) is 18.2 Å². The van der Waals surface area contributed by atoms with Crippen molar-refractivity contribution in [3.05, 3.63) is 104 Å². The van der Waals surface area contributed by atoms with Gasteiger partial charge in [-0.3, -0.25) is 24.1 Å². The van der Waals surface area contributed by atoms with E-state index in [4.69, 9.17) is 9.47 Å². The number of H-pyrrole nitrogens is 1. The van der Waals surface area contributed by atoms with E-state index in [2.05, 4.69) is 10.3 Å². The van der Waals surface area contributed by atoms with Gasteiger partial charge in [-0.15, -0.1) is 11.8 Å². The molecular formula is C36H30FN3O7S2. The van der Waals surface area contributed by atoms with Crippen LogP contribution in [0.5, 0.6) is 5.75 Å². The summed E-state index contributed by atoms with van der Waals surface area (Å²) in [4.78, 5) is 70.3. The lowest BCUT2D eigenvalue weighted by Crippen LogP contribution is -2.42. The number of benzene rings is 3. The van der Waals surface area contributed by atoms with Crippen molar-refractivity contribution in [1.29, 1.82) is 0 Å². The molecule has 2 aliphatic carbocycles. The first kappa shape index (κ1) is 31.5. The van der Waals surface area contributed by atoms with E-state index < -0.39 is 29.5 Å². The molecule has 1 aromatic heterocycles. The monoisotopic (exact) mass is 699 g/mol. The Morgan fingerprint density at radius 3 is 2.41 bits per heavy atom. The average Bonchev–Trinajstić information content (AvgIpc) is 3.84. The van der Waals surface area contributed by atoms with Gasteiger partial charge in [-0.2, -0.15) is 0 Å². The van der Waals surface area contributed by atoms with Crippen molar-refractivity contribution in [3.8, 4) is 5.75 Å². The number of fused-ring (bicyclic) bond motifs is 9. The number of carbonyl (C=O) groups is 4. The fourth-order valence-electron chi connectivity index (χ4n) is 8.32. The second kappa shape index (κ2) is 12.3. The number of para-hydroxylation sites is 1. The Bertz CT molecular complexity index is 2050. The lowest BCUT2D eigenvalue weighted by molar-refractivity contribution is -0.123. The largest absolute Gasteiger partial charge is 0.483 e. The number of carbonyl (C=O) groups excluding carboxylic acids is 4. The minimum Gasteiger partial charge on any atom is -0.483 e. The number of halogens is 1. The van der Waals surface area contributed by atoms with Gasteiger partial charge in [-0.1, -0.05) is 29.5 Å². The second-order valence-electron chi connectivity index (χ2n) is 12.6. The lowest BCUT2D eigenvalue weighted by Gasteiger charge is -2.43. The van der Waals surface area contributed by atoms with Crippen LogP contribution in [0, 0.1) is 35.4 Å². The summed E-state index contributed by atoms with van der Waals surface area (Å²) in [6.07, 6.45) is 0.711. The van der Waals surface area contributed by atoms with Gasteiger partial charge in [0.25, 0.3) is 5.91 Å². The van der Waals surface area contributed by atoms with Crippen molar-refractivity contribution in [2.24, 2.45) is 29.6 Å². The van der Waals surface area contributed by atoms with Crippen LogP contribution in [0.2, 0.25) is 0 Å². The maximum atomic E-state index is 14.0. The van der Waals surface area contributed by atoms with Crippen molar-refractivity contribution in [2.45, 2.75) is 29.5 Å². The molecule has 1 saturated heterocycles. The Labute approximate surface area is 288 Å². The lowest BCUT2D eigenvalue weighted by atomic mass is 9.68. The molecule has 2 saturated carbocycles. The number of rotatable bonds is 8.